The first-order chi connectivity index (χ1) is 12.6. The van der Waals surface area contributed by atoms with E-state index < -0.39 is 11.7 Å². The molecule has 1 aromatic carbocycles. The predicted octanol–water partition coefficient (Wildman–Crippen LogP) is 1.78. The number of thioether (sulfide) groups is 1. The lowest BCUT2D eigenvalue weighted by Gasteiger charge is -2.11. The molecule has 2 aromatic rings. The third kappa shape index (κ3) is 4.05. The number of nitrogens with one attached hydrogen (secondary N) is 2. The monoisotopic (exact) mass is 378 g/mol. The van der Waals surface area contributed by atoms with Gasteiger partial charge in [-0.05, 0) is 12.1 Å². The van der Waals surface area contributed by atoms with Crippen molar-refractivity contribution in [3.05, 3.63) is 46.9 Å². The average molecular weight is 378 g/mol. The van der Waals surface area contributed by atoms with Crippen molar-refractivity contribution in [2.45, 2.75) is 18.1 Å². The van der Waals surface area contributed by atoms with Crippen LogP contribution in [0.5, 0.6) is 0 Å². The lowest BCUT2D eigenvalue weighted by molar-refractivity contribution is -0.122. The summed E-state index contributed by atoms with van der Waals surface area (Å²) in [6, 6.07) is 5.77. The molecule has 2 amide bonds. The molecule has 0 saturated carbocycles. The molecule has 1 aliphatic rings. The van der Waals surface area contributed by atoms with Gasteiger partial charge in [0.1, 0.15) is 18.2 Å². The highest BCUT2D eigenvalue weighted by Crippen LogP contribution is 2.34. The van der Waals surface area contributed by atoms with Crippen molar-refractivity contribution >= 4 is 29.4 Å². The number of hydrogen-bond donors (Lipinski definition) is 2. The number of fused-ring (bicyclic) bond motifs is 1. The van der Waals surface area contributed by atoms with Crippen molar-refractivity contribution < 1.29 is 18.7 Å². The second kappa shape index (κ2) is 8.33. The number of carbonyl (C=O) groups excluding carboxylic acids is 2. The Morgan fingerprint density at radius 3 is 2.92 bits per heavy atom. The van der Waals surface area contributed by atoms with Gasteiger partial charge in [-0.3, -0.25) is 9.59 Å². The summed E-state index contributed by atoms with van der Waals surface area (Å²) in [5, 5.41) is 9.86. The van der Waals surface area contributed by atoms with Gasteiger partial charge in [-0.1, -0.05) is 12.1 Å². The summed E-state index contributed by atoms with van der Waals surface area (Å²) in [6.45, 7) is 0.770. The largest absolute Gasteiger partial charge is 0.383 e. The standard InChI is InChI=1S/C17H19FN4O3S/c1-25-7-6-19-15(23)8-22-16(12-9-26-10-14(12)21-22)20-17(24)11-4-2-3-5-13(11)18/h2-5H,6-10H2,1H3,(H,19,23)(H,20,24). The van der Waals surface area contributed by atoms with Crippen molar-refractivity contribution in [2.75, 3.05) is 25.6 Å². The molecule has 0 bridgehead atoms. The highest BCUT2D eigenvalue weighted by atomic mass is 32.2. The molecule has 3 rings (SSSR count). The number of halogens is 1. The van der Waals surface area contributed by atoms with Gasteiger partial charge >= 0.3 is 0 Å². The quantitative estimate of drug-likeness (QED) is 0.718. The Morgan fingerprint density at radius 2 is 2.15 bits per heavy atom. The summed E-state index contributed by atoms with van der Waals surface area (Å²) >= 11 is 1.68. The number of nitrogens with zero attached hydrogens (tertiary/aromatic N) is 2. The molecule has 138 valence electrons. The van der Waals surface area contributed by atoms with Crippen LogP contribution in [0.4, 0.5) is 10.2 Å². The van der Waals surface area contributed by atoms with Gasteiger partial charge in [0.15, 0.2) is 0 Å². The summed E-state index contributed by atoms with van der Waals surface area (Å²) in [6.07, 6.45) is 0. The number of hydrogen-bond acceptors (Lipinski definition) is 5. The molecular formula is C17H19FN4O3S. The highest BCUT2D eigenvalue weighted by Gasteiger charge is 2.25. The molecule has 0 aliphatic carbocycles. The van der Waals surface area contributed by atoms with E-state index in [-0.39, 0.29) is 18.0 Å². The van der Waals surface area contributed by atoms with Crippen LogP contribution in [0, 0.1) is 5.82 Å². The summed E-state index contributed by atoms with van der Waals surface area (Å²) in [4.78, 5) is 24.5. The summed E-state index contributed by atoms with van der Waals surface area (Å²) in [5.74, 6) is 0.449. The third-order valence-corrected chi connectivity index (χ3v) is 4.86. The van der Waals surface area contributed by atoms with Gasteiger partial charge in [0.05, 0.1) is 17.9 Å². The minimum Gasteiger partial charge on any atom is -0.383 e. The van der Waals surface area contributed by atoms with E-state index in [1.54, 1.807) is 24.9 Å². The molecule has 2 heterocycles. The van der Waals surface area contributed by atoms with Crippen LogP contribution in [0.15, 0.2) is 24.3 Å². The Bertz CT molecular complexity index is 824. The maximum atomic E-state index is 13.9. The van der Waals surface area contributed by atoms with Crippen molar-refractivity contribution in [3.8, 4) is 0 Å². The lowest BCUT2D eigenvalue weighted by Crippen LogP contribution is -2.31. The normalized spacial score (nSPS) is 12.7. The number of methoxy groups -OCH3 is 1. The average Bonchev–Trinajstić information content (AvgIpc) is 3.18. The van der Waals surface area contributed by atoms with E-state index in [1.165, 1.54) is 22.9 Å². The zero-order valence-electron chi connectivity index (χ0n) is 14.3. The first-order valence-corrected chi connectivity index (χ1v) is 9.23. The first-order valence-electron chi connectivity index (χ1n) is 8.08. The fraction of sp³-hybridized carbons (Fsp3) is 0.353. The molecule has 0 unspecified atom stereocenters. The molecule has 0 fully saturated rings. The molecule has 1 aliphatic heterocycles. The van der Waals surface area contributed by atoms with Crippen LogP contribution in [0.1, 0.15) is 21.6 Å². The van der Waals surface area contributed by atoms with Gasteiger partial charge in [-0.2, -0.15) is 16.9 Å². The zero-order valence-corrected chi connectivity index (χ0v) is 15.1. The van der Waals surface area contributed by atoms with E-state index in [4.69, 9.17) is 4.74 Å². The molecule has 0 saturated heterocycles. The number of anilines is 1. The van der Waals surface area contributed by atoms with E-state index in [1.807, 2.05) is 0 Å². The molecule has 7 nitrogen and oxygen atoms in total. The summed E-state index contributed by atoms with van der Waals surface area (Å²) in [5.41, 5.74) is 1.66. The second-order valence-corrected chi connectivity index (χ2v) is 6.69. The molecule has 26 heavy (non-hydrogen) atoms. The molecule has 0 spiro atoms. The lowest BCUT2D eigenvalue weighted by atomic mass is 10.2. The molecule has 9 heteroatoms. The minimum atomic E-state index is -0.598. The second-order valence-electron chi connectivity index (χ2n) is 5.70. The van der Waals surface area contributed by atoms with Gasteiger partial charge in [0.2, 0.25) is 5.91 Å². The first kappa shape index (κ1) is 18.4. The SMILES string of the molecule is COCCNC(=O)Cn1nc2c(c1NC(=O)c1ccccc1F)CSC2. The minimum absolute atomic E-state index is 0.0335. The Morgan fingerprint density at radius 1 is 1.35 bits per heavy atom. The van der Waals surface area contributed by atoms with Crippen LogP contribution in [-0.4, -0.2) is 41.9 Å². The molecule has 0 atom stereocenters. The Labute approximate surface area is 154 Å². The number of aromatic nitrogens is 2. The van der Waals surface area contributed by atoms with Crippen molar-refractivity contribution in [2.24, 2.45) is 0 Å². The van der Waals surface area contributed by atoms with E-state index in [0.717, 1.165) is 17.0 Å². The number of benzene rings is 1. The summed E-state index contributed by atoms with van der Waals surface area (Å²) in [7, 11) is 1.55. The van der Waals surface area contributed by atoms with Gasteiger partial charge in [0, 0.05) is 30.7 Å². The maximum absolute atomic E-state index is 13.9. The fourth-order valence-electron chi connectivity index (χ4n) is 2.62. The Balaban J connectivity index is 1.79. The van der Waals surface area contributed by atoms with Crippen LogP contribution in [0.2, 0.25) is 0 Å². The van der Waals surface area contributed by atoms with Crippen molar-refractivity contribution in [1.82, 2.24) is 15.1 Å². The van der Waals surface area contributed by atoms with Crippen LogP contribution in [0.3, 0.4) is 0 Å². The van der Waals surface area contributed by atoms with Gasteiger partial charge < -0.3 is 15.4 Å². The maximum Gasteiger partial charge on any atom is 0.259 e. The summed E-state index contributed by atoms with van der Waals surface area (Å²) < 4.78 is 20.2. The van der Waals surface area contributed by atoms with Crippen LogP contribution < -0.4 is 10.6 Å². The van der Waals surface area contributed by atoms with E-state index in [9.17, 15) is 14.0 Å². The number of rotatable bonds is 7. The van der Waals surface area contributed by atoms with Crippen LogP contribution in [0.25, 0.3) is 0 Å². The van der Waals surface area contributed by atoms with Crippen LogP contribution in [-0.2, 0) is 27.6 Å². The van der Waals surface area contributed by atoms with Gasteiger partial charge in [-0.25, -0.2) is 9.07 Å². The van der Waals surface area contributed by atoms with E-state index in [2.05, 4.69) is 15.7 Å². The smallest absolute Gasteiger partial charge is 0.259 e. The van der Waals surface area contributed by atoms with Crippen molar-refractivity contribution in [1.29, 1.82) is 0 Å². The van der Waals surface area contributed by atoms with Crippen LogP contribution >= 0.6 is 11.8 Å². The Hall–Kier alpha value is -2.39. The van der Waals surface area contributed by atoms with E-state index in [0.29, 0.717) is 24.7 Å². The highest BCUT2D eigenvalue weighted by molar-refractivity contribution is 7.98. The predicted molar refractivity (Wildman–Crippen MR) is 96.5 cm³/mol. The Kier molecular flexibility index (Phi) is 5.89. The number of ether oxygens (including phenoxy) is 1. The number of amides is 2. The van der Waals surface area contributed by atoms with Gasteiger partial charge in [0.25, 0.3) is 5.91 Å². The van der Waals surface area contributed by atoms with Crippen molar-refractivity contribution in [3.63, 3.8) is 0 Å². The zero-order chi connectivity index (χ0) is 18.5. The third-order valence-electron chi connectivity index (χ3n) is 3.89. The van der Waals surface area contributed by atoms with Gasteiger partial charge in [-0.15, -0.1) is 0 Å². The molecule has 2 N–H and O–H groups in total. The number of carbonyl (C=O) groups is 2. The fourth-order valence-corrected chi connectivity index (χ4v) is 3.66. The topological polar surface area (TPSA) is 85.2 Å². The molecule has 0 radical (unpaired) electrons. The molecule has 1 aromatic heterocycles. The molecular weight excluding hydrogens is 359 g/mol. The van der Waals surface area contributed by atoms with E-state index >= 15 is 0 Å².